The van der Waals surface area contributed by atoms with Gasteiger partial charge in [0, 0.05) is 30.3 Å². The number of anilines is 1. The van der Waals surface area contributed by atoms with Crippen LogP contribution in [0.3, 0.4) is 0 Å². The molecule has 4 heteroatoms. The molecule has 112 valence electrons. The van der Waals surface area contributed by atoms with Gasteiger partial charge >= 0.3 is 0 Å². The molecule has 21 heavy (non-hydrogen) atoms. The first-order valence-corrected chi connectivity index (χ1v) is 8.07. The highest BCUT2D eigenvalue weighted by Gasteiger charge is 2.09. The minimum Gasteiger partial charge on any atom is -0.351 e. The van der Waals surface area contributed by atoms with Crippen LogP contribution >= 0.6 is 15.9 Å². The van der Waals surface area contributed by atoms with E-state index in [0.29, 0.717) is 0 Å². The minimum atomic E-state index is 0.869. The van der Waals surface area contributed by atoms with E-state index in [4.69, 9.17) is 0 Å². The average Bonchev–Trinajstić information content (AvgIpc) is 2.52. The molecule has 1 aromatic heterocycles. The quantitative estimate of drug-likeness (QED) is 0.759. The highest BCUT2D eigenvalue weighted by molar-refractivity contribution is 9.10. The Kier molecular flexibility index (Phi) is 6.21. The summed E-state index contributed by atoms with van der Waals surface area (Å²) >= 11 is 3.54. The summed E-state index contributed by atoms with van der Waals surface area (Å²) in [4.78, 5) is 9.14. The van der Waals surface area contributed by atoms with E-state index in [0.717, 1.165) is 36.5 Å². The zero-order valence-corrected chi connectivity index (χ0v) is 14.3. The molecule has 0 aliphatic carbocycles. The molecule has 1 aromatic carbocycles. The summed E-state index contributed by atoms with van der Waals surface area (Å²) in [5.74, 6) is 1.03. The van der Waals surface area contributed by atoms with Crippen molar-refractivity contribution in [1.29, 1.82) is 0 Å². The summed E-state index contributed by atoms with van der Waals surface area (Å²) in [7, 11) is 2.15. The number of hydrogen-bond donors (Lipinski definition) is 0. The van der Waals surface area contributed by atoms with Gasteiger partial charge in [-0.05, 0) is 43.4 Å². The van der Waals surface area contributed by atoms with Crippen molar-refractivity contribution in [2.45, 2.75) is 13.5 Å². The monoisotopic (exact) mass is 347 g/mol. The summed E-state index contributed by atoms with van der Waals surface area (Å²) in [6, 6.07) is 14.5. The van der Waals surface area contributed by atoms with Crippen LogP contribution < -0.4 is 4.90 Å². The lowest BCUT2D eigenvalue weighted by molar-refractivity contribution is 0.357. The van der Waals surface area contributed by atoms with Crippen LogP contribution in [0.1, 0.15) is 12.5 Å². The number of hydrogen-bond acceptors (Lipinski definition) is 3. The predicted molar refractivity (Wildman–Crippen MR) is 92.6 cm³/mol. The Bertz CT molecular complexity index is 545. The van der Waals surface area contributed by atoms with E-state index in [1.54, 1.807) is 0 Å². The van der Waals surface area contributed by atoms with Crippen molar-refractivity contribution in [3.8, 4) is 0 Å². The van der Waals surface area contributed by atoms with E-state index >= 15 is 0 Å². The largest absolute Gasteiger partial charge is 0.351 e. The predicted octanol–water partition coefficient (Wildman–Crippen LogP) is 3.80. The van der Waals surface area contributed by atoms with Gasteiger partial charge in [0.05, 0.1) is 0 Å². The van der Waals surface area contributed by atoms with Crippen LogP contribution in [-0.4, -0.2) is 36.6 Å². The molecule has 3 nitrogen and oxygen atoms in total. The van der Waals surface area contributed by atoms with Gasteiger partial charge in [0.15, 0.2) is 0 Å². The van der Waals surface area contributed by atoms with Crippen LogP contribution in [0.25, 0.3) is 0 Å². The van der Waals surface area contributed by atoms with Gasteiger partial charge in [-0.15, -0.1) is 0 Å². The number of aromatic nitrogens is 1. The van der Waals surface area contributed by atoms with Crippen molar-refractivity contribution in [3.05, 3.63) is 58.7 Å². The number of halogens is 1. The third-order valence-electron chi connectivity index (χ3n) is 3.53. The van der Waals surface area contributed by atoms with E-state index in [1.165, 1.54) is 5.56 Å². The molecule has 2 aromatic rings. The molecule has 0 N–H and O–H groups in total. The first-order chi connectivity index (χ1) is 10.2. The first-order valence-electron chi connectivity index (χ1n) is 7.28. The highest BCUT2D eigenvalue weighted by Crippen LogP contribution is 2.17. The Morgan fingerprint density at radius 2 is 1.95 bits per heavy atom. The minimum absolute atomic E-state index is 0.869. The van der Waals surface area contributed by atoms with Crippen molar-refractivity contribution in [1.82, 2.24) is 9.88 Å². The van der Waals surface area contributed by atoms with Crippen molar-refractivity contribution in [3.63, 3.8) is 0 Å². The third kappa shape index (κ3) is 5.14. The zero-order chi connectivity index (χ0) is 15.1. The van der Waals surface area contributed by atoms with Gasteiger partial charge in [-0.2, -0.15) is 0 Å². The van der Waals surface area contributed by atoms with E-state index in [2.05, 4.69) is 75.0 Å². The lowest BCUT2D eigenvalue weighted by Gasteiger charge is -2.26. The molecule has 0 amide bonds. The number of rotatable bonds is 7. The van der Waals surface area contributed by atoms with Gasteiger partial charge < -0.3 is 9.80 Å². The van der Waals surface area contributed by atoms with Crippen LogP contribution in [0.5, 0.6) is 0 Å². The summed E-state index contributed by atoms with van der Waals surface area (Å²) in [5.41, 5.74) is 1.29. The Hall–Kier alpha value is -1.39. The van der Waals surface area contributed by atoms with Gasteiger partial charge in [0.25, 0.3) is 0 Å². The SMILES string of the molecule is CCN(C)CCN(Cc1cccc(Br)c1)c1ccccn1. The van der Waals surface area contributed by atoms with Gasteiger partial charge in [-0.3, -0.25) is 0 Å². The van der Waals surface area contributed by atoms with E-state index < -0.39 is 0 Å². The smallest absolute Gasteiger partial charge is 0.128 e. The highest BCUT2D eigenvalue weighted by atomic mass is 79.9. The molecule has 0 saturated heterocycles. The molecule has 0 unspecified atom stereocenters. The summed E-state index contributed by atoms with van der Waals surface area (Å²) in [5, 5.41) is 0. The van der Waals surface area contributed by atoms with Crippen molar-refractivity contribution in [2.75, 3.05) is 31.6 Å². The molecule has 0 aliphatic heterocycles. The standard InChI is InChI=1S/C17H22BrN3/c1-3-20(2)11-12-21(17-9-4-5-10-19-17)14-15-7-6-8-16(18)13-15/h4-10,13H,3,11-12,14H2,1-2H3. The number of pyridine rings is 1. The topological polar surface area (TPSA) is 19.4 Å². The van der Waals surface area contributed by atoms with E-state index in [9.17, 15) is 0 Å². The number of benzene rings is 1. The van der Waals surface area contributed by atoms with Gasteiger partial charge in [0.1, 0.15) is 5.82 Å². The maximum absolute atomic E-state index is 4.50. The fourth-order valence-corrected chi connectivity index (χ4v) is 2.57. The Morgan fingerprint density at radius 3 is 2.62 bits per heavy atom. The fraction of sp³-hybridized carbons (Fsp3) is 0.353. The lowest BCUT2D eigenvalue weighted by atomic mass is 10.2. The van der Waals surface area contributed by atoms with E-state index in [1.807, 2.05) is 18.3 Å². The molecule has 0 bridgehead atoms. The molecule has 0 radical (unpaired) electrons. The Morgan fingerprint density at radius 1 is 1.10 bits per heavy atom. The fourth-order valence-electron chi connectivity index (χ4n) is 2.12. The molecule has 0 saturated carbocycles. The summed E-state index contributed by atoms with van der Waals surface area (Å²) < 4.78 is 1.12. The van der Waals surface area contributed by atoms with Crippen molar-refractivity contribution in [2.24, 2.45) is 0 Å². The second kappa shape index (κ2) is 8.15. The molecule has 0 aliphatic rings. The van der Waals surface area contributed by atoms with Crippen LogP contribution in [0.15, 0.2) is 53.1 Å². The van der Waals surface area contributed by atoms with Crippen LogP contribution in [0, 0.1) is 0 Å². The third-order valence-corrected chi connectivity index (χ3v) is 4.02. The van der Waals surface area contributed by atoms with Crippen LogP contribution in [0.2, 0.25) is 0 Å². The molecular weight excluding hydrogens is 326 g/mol. The van der Waals surface area contributed by atoms with Crippen molar-refractivity contribution >= 4 is 21.7 Å². The molecule has 0 fully saturated rings. The molecule has 0 spiro atoms. The second-order valence-electron chi connectivity index (χ2n) is 5.14. The van der Waals surface area contributed by atoms with Crippen LogP contribution in [0.4, 0.5) is 5.82 Å². The first kappa shape index (κ1) is 16.0. The molecular formula is C17H22BrN3. The zero-order valence-electron chi connectivity index (χ0n) is 12.7. The molecule has 2 rings (SSSR count). The maximum Gasteiger partial charge on any atom is 0.128 e. The summed E-state index contributed by atoms with van der Waals surface area (Å²) in [6.07, 6.45) is 1.85. The second-order valence-corrected chi connectivity index (χ2v) is 6.05. The average molecular weight is 348 g/mol. The normalized spacial score (nSPS) is 10.9. The van der Waals surface area contributed by atoms with Gasteiger partial charge in [-0.25, -0.2) is 4.98 Å². The lowest BCUT2D eigenvalue weighted by Crippen LogP contribution is -2.33. The number of likely N-dealkylation sites (N-methyl/N-ethyl adjacent to an activating group) is 1. The van der Waals surface area contributed by atoms with Gasteiger partial charge in [-0.1, -0.05) is 41.1 Å². The molecule has 1 heterocycles. The Balaban J connectivity index is 2.12. The Labute approximate surface area is 135 Å². The van der Waals surface area contributed by atoms with Crippen molar-refractivity contribution < 1.29 is 0 Å². The van der Waals surface area contributed by atoms with Crippen LogP contribution in [-0.2, 0) is 6.54 Å². The maximum atomic E-state index is 4.50. The molecule has 0 atom stereocenters. The van der Waals surface area contributed by atoms with Gasteiger partial charge in [0.2, 0.25) is 0 Å². The number of nitrogens with zero attached hydrogens (tertiary/aromatic N) is 3. The van der Waals surface area contributed by atoms with E-state index in [-0.39, 0.29) is 0 Å². The summed E-state index contributed by atoms with van der Waals surface area (Å²) in [6.45, 7) is 6.11.